The molecule has 24 heavy (non-hydrogen) atoms. The number of nitrogens with zero attached hydrogens (tertiary/aromatic N) is 1. The van der Waals surface area contributed by atoms with Gasteiger partial charge in [0.1, 0.15) is 5.38 Å². The van der Waals surface area contributed by atoms with Gasteiger partial charge in [0.2, 0.25) is 5.91 Å². The van der Waals surface area contributed by atoms with Crippen molar-refractivity contribution in [2.75, 3.05) is 4.90 Å². The number of amides is 1. The van der Waals surface area contributed by atoms with Crippen LogP contribution in [0.3, 0.4) is 0 Å². The third-order valence-corrected chi connectivity index (χ3v) is 4.93. The summed E-state index contributed by atoms with van der Waals surface area (Å²) in [4.78, 5) is 15.1. The smallest absolute Gasteiger partial charge is 0.250 e. The lowest BCUT2D eigenvalue weighted by molar-refractivity contribution is -0.119. The summed E-state index contributed by atoms with van der Waals surface area (Å²) in [5.41, 5.74) is 4.73. The average molecular weight is 340 g/mol. The van der Waals surface area contributed by atoms with Gasteiger partial charge in [-0.05, 0) is 50.5 Å². The fourth-order valence-corrected chi connectivity index (χ4v) is 3.67. The van der Waals surface area contributed by atoms with Crippen LogP contribution in [0.4, 0.5) is 5.69 Å². The van der Waals surface area contributed by atoms with E-state index in [9.17, 15) is 4.79 Å². The van der Waals surface area contributed by atoms with E-state index in [2.05, 4.69) is 31.2 Å². The van der Waals surface area contributed by atoms with Gasteiger partial charge in [0.05, 0.1) is 11.2 Å². The molecule has 2 aromatic rings. The Labute approximate surface area is 148 Å². The first-order valence-corrected chi connectivity index (χ1v) is 8.58. The molecule has 124 valence electrons. The zero-order chi connectivity index (χ0) is 17.5. The van der Waals surface area contributed by atoms with E-state index in [0.717, 1.165) is 22.4 Å². The second kappa shape index (κ2) is 6.10. The number of fused-ring (bicyclic) bond motifs is 1. The molecule has 1 amide bonds. The van der Waals surface area contributed by atoms with Crippen molar-refractivity contribution in [2.45, 2.75) is 38.6 Å². The highest BCUT2D eigenvalue weighted by Crippen LogP contribution is 2.41. The molecule has 0 fully saturated rings. The Balaban J connectivity index is 2.09. The summed E-state index contributed by atoms with van der Waals surface area (Å²) in [7, 11) is 0. The van der Waals surface area contributed by atoms with E-state index in [1.54, 1.807) is 0 Å². The minimum absolute atomic E-state index is 0.0940. The molecule has 1 aliphatic rings. The lowest BCUT2D eigenvalue weighted by Crippen LogP contribution is -2.50. The number of benzene rings is 2. The summed E-state index contributed by atoms with van der Waals surface area (Å²) in [6.07, 6.45) is 2.14. The molecule has 2 aromatic carbocycles. The van der Waals surface area contributed by atoms with Gasteiger partial charge >= 0.3 is 0 Å². The average Bonchev–Trinajstić information content (AvgIpc) is 2.53. The van der Waals surface area contributed by atoms with Crippen molar-refractivity contribution in [3.8, 4) is 0 Å². The Morgan fingerprint density at radius 2 is 1.75 bits per heavy atom. The first-order chi connectivity index (χ1) is 11.3. The van der Waals surface area contributed by atoms with Crippen molar-refractivity contribution in [1.82, 2.24) is 0 Å². The molecule has 0 aliphatic carbocycles. The summed E-state index contributed by atoms with van der Waals surface area (Å²) in [5.74, 6) is -0.0940. The highest BCUT2D eigenvalue weighted by Gasteiger charge is 2.38. The van der Waals surface area contributed by atoms with Crippen LogP contribution >= 0.6 is 11.6 Å². The van der Waals surface area contributed by atoms with Gasteiger partial charge in [-0.2, -0.15) is 0 Å². The van der Waals surface area contributed by atoms with Crippen LogP contribution in [0.2, 0.25) is 0 Å². The van der Waals surface area contributed by atoms with Crippen LogP contribution < -0.4 is 4.90 Å². The second-order valence-electron chi connectivity index (χ2n) is 6.95. The minimum atomic E-state index is -0.703. The molecule has 0 N–H and O–H groups in total. The van der Waals surface area contributed by atoms with Crippen molar-refractivity contribution in [3.63, 3.8) is 0 Å². The van der Waals surface area contributed by atoms with E-state index < -0.39 is 10.9 Å². The van der Waals surface area contributed by atoms with Crippen LogP contribution in [-0.2, 0) is 4.79 Å². The highest BCUT2D eigenvalue weighted by atomic mass is 35.5. The van der Waals surface area contributed by atoms with Crippen molar-refractivity contribution in [2.24, 2.45) is 0 Å². The van der Waals surface area contributed by atoms with E-state index in [1.165, 1.54) is 5.57 Å². The maximum absolute atomic E-state index is 13.3. The monoisotopic (exact) mass is 339 g/mol. The highest BCUT2D eigenvalue weighted by molar-refractivity contribution is 6.33. The molecule has 0 radical (unpaired) electrons. The fraction of sp³-hybridized carbons (Fsp3) is 0.286. The summed E-state index contributed by atoms with van der Waals surface area (Å²) in [6, 6.07) is 15.7. The van der Waals surface area contributed by atoms with Crippen LogP contribution in [0.1, 0.15) is 42.8 Å². The number of anilines is 1. The molecule has 0 bridgehead atoms. The number of rotatable bonds is 2. The maximum atomic E-state index is 13.3. The fourth-order valence-electron chi connectivity index (χ4n) is 3.42. The Hall–Kier alpha value is -2.06. The molecule has 0 unspecified atom stereocenters. The molecular formula is C21H22ClNO. The largest absolute Gasteiger partial charge is 0.301 e. The predicted molar refractivity (Wildman–Crippen MR) is 101 cm³/mol. The van der Waals surface area contributed by atoms with Gasteiger partial charge < -0.3 is 4.90 Å². The van der Waals surface area contributed by atoms with Crippen molar-refractivity contribution in [3.05, 3.63) is 71.3 Å². The van der Waals surface area contributed by atoms with E-state index in [1.807, 2.05) is 56.0 Å². The van der Waals surface area contributed by atoms with E-state index in [0.29, 0.717) is 0 Å². The first-order valence-electron chi connectivity index (χ1n) is 8.15. The van der Waals surface area contributed by atoms with Crippen LogP contribution in [0.15, 0.2) is 54.6 Å². The van der Waals surface area contributed by atoms with Gasteiger partial charge in [-0.3, -0.25) is 4.79 Å². The Morgan fingerprint density at radius 1 is 1.08 bits per heavy atom. The number of hydrogen-bond donors (Lipinski definition) is 0. The van der Waals surface area contributed by atoms with Gasteiger partial charge in [-0.25, -0.2) is 0 Å². The number of alkyl halides is 1. The first kappa shape index (κ1) is 16.8. The molecule has 0 saturated carbocycles. The number of carbonyl (C=O) groups is 1. The Morgan fingerprint density at radius 3 is 2.42 bits per heavy atom. The molecule has 3 heteroatoms. The van der Waals surface area contributed by atoms with E-state index in [-0.39, 0.29) is 5.91 Å². The van der Waals surface area contributed by atoms with E-state index in [4.69, 9.17) is 11.6 Å². The third kappa shape index (κ3) is 2.87. The summed E-state index contributed by atoms with van der Waals surface area (Å²) in [5, 5.41) is -0.703. The second-order valence-corrected chi connectivity index (χ2v) is 7.38. The number of allylic oxidation sites excluding steroid dienone is 1. The van der Waals surface area contributed by atoms with Crippen LogP contribution in [-0.4, -0.2) is 11.4 Å². The Kier molecular flexibility index (Phi) is 4.27. The number of halogens is 1. The van der Waals surface area contributed by atoms with Crippen LogP contribution in [0.5, 0.6) is 0 Å². The van der Waals surface area contributed by atoms with Gasteiger partial charge in [-0.15, -0.1) is 11.6 Å². The molecule has 3 rings (SSSR count). The molecule has 0 aromatic heterocycles. The zero-order valence-corrected chi connectivity index (χ0v) is 15.3. The zero-order valence-electron chi connectivity index (χ0n) is 14.5. The predicted octanol–water partition coefficient (Wildman–Crippen LogP) is 5.50. The quantitative estimate of drug-likeness (QED) is 0.661. The number of hydrogen-bond acceptors (Lipinski definition) is 1. The molecule has 1 heterocycles. The molecule has 1 aliphatic heterocycles. The summed E-state index contributed by atoms with van der Waals surface area (Å²) < 4.78 is 0. The van der Waals surface area contributed by atoms with Gasteiger partial charge in [-0.1, -0.05) is 48.5 Å². The van der Waals surface area contributed by atoms with Crippen LogP contribution in [0.25, 0.3) is 5.57 Å². The van der Waals surface area contributed by atoms with Crippen molar-refractivity contribution < 1.29 is 4.79 Å². The lowest BCUT2D eigenvalue weighted by Gasteiger charge is -2.42. The van der Waals surface area contributed by atoms with Crippen molar-refractivity contribution in [1.29, 1.82) is 0 Å². The molecular weight excluding hydrogens is 318 g/mol. The normalized spacial score (nSPS) is 17.0. The van der Waals surface area contributed by atoms with Gasteiger partial charge in [0.15, 0.2) is 0 Å². The van der Waals surface area contributed by atoms with Gasteiger partial charge in [0.25, 0.3) is 0 Å². The SMILES string of the molecule is CC1=CC(C)(C)N(C(=O)[C@H](Cl)c2ccccc2)c2cc(C)ccc21. The third-order valence-electron chi connectivity index (χ3n) is 4.49. The number of carbonyl (C=O) groups excluding carboxylic acids is 1. The maximum Gasteiger partial charge on any atom is 0.250 e. The van der Waals surface area contributed by atoms with Gasteiger partial charge in [0, 0.05) is 5.56 Å². The summed E-state index contributed by atoms with van der Waals surface area (Å²) >= 11 is 6.55. The van der Waals surface area contributed by atoms with E-state index >= 15 is 0 Å². The number of aryl methyl sites for hydroxylation is 1. The molecule has 2 nitrogen and oxygen atoms in total. The molecule has 0 saturated heterocycles. The molecule has 1 atom stereocenters. The minimum Gasteiger partial charge on any atom is -0.301 e. The standard InChI is InChI=1S/C21H22ClNO/c1-14-10-11-17-15(2)13-21(3,4)23(18(17)12-14)20(24)19(22)16-8-6-5-7-9-16/h5-13,19H,1-4H3/t19-/m1/s1. The van der Waals surface area contributed by atoms with Crippen molar-refractivity contribution >= 4 is 28.8 Å². The topological polar surface area (TPSA) is 20.3 Å². The lowest BCUT2D eigenvalue weighted by atomic mass is 9.87. The summed E-state index contributed by atoms with van der Waals surface area (Å²) in [6.45, 7) is 8.23. The Bertz CT molecular complexity index is 808. The van der Waals surface area contributed by atoms with Crippen LogP contribution in [0, 0.1) is 6.92 Å². The molecule has 0 spiro atoms.